The summed E-state index contributed by atoms with van der Waals surface area (Å²) >= 11 is 0. The van der Waals surface area contributed by atoms with Gasteiger partial charge >= 0.3 is 0 Å². The molecule has 0 saturated heterocycles. The van der Waals surface area contributed by atoms with Crippen molar-refractivity contribution in [2.75, 3.05) is 17.1 Å². The highest BCUT2D eigenvalue weighted by atomic mass is 32.2. The summed E-state index contributed by atoms with van der Waals surface area (Å²) in [7, 11) is -3.88. The molecule has 8 nitrogen and oxygen atoms in total. The van der Waals surface area contributed by atoms with Crippen molar-refractivity contribution in [1.82, 2.24) is 10.2 Å². The number of anilines is 1. The Morgan fingerprint density at radius 3 is 2.04 bits per heavy atom. The molecule has 1 fully saturated rings. The number of carbonyl (C=O) groups excluding carboxylic acids is 2. The second-order valence-electron chi connectivity index (χ2n) is 12.5. The zero-order valence-electron chi connectivity index (χ0n) is 27.8. The minimum absolute atomic E-state index is 0.0510. The molecular weight excluding hydrogens is 623 g/mol. The largest absolute Gasteiger partial charge is 0.489 e. The van der Waals surface area contributed by atoms with Crippen molar-refractivity contribution >= 4 is 27.5 Å². The Morgan fingerprint density at radius 2 is 1.42 bits per heavy atom. The molecule has 0 aromatic heterocycles. The highest BCUT2D eigenvalue weighted by molar-refractivity contribution is 7.92. The lowest BCUT2D eigenvalue weighted by atomic mass is 9.94. The number of rotatable bonds is 14. The number of benzene rings is 4. The summed E-state index contributed by atoms with van der Waals surface area (Å²) in [6, 6.07) is 33.0. The van der Waals surface area contributed by atoms with Crippen LogP contribution in [-0.4, -0.2) is 50.0 Å². The van der Waals surface area contributed by atoms with Crippen molar-refractivity contribution < 1.29 is 22.7 Å². The average Bonchev–Trinajstić information content (AvgIpc) is 3.09. The van der Waals surface area contributed by atoms with Crippen LogP contribution in [0.4, 0.5) is 5.69 Å². The van der Waals surface area contributed by atoms with Crippen LogP contribution in [0.5, 0.6) is 5.75 Å². The number of carbonyl (C=O) groups is 2. The number of hydrogen-bond acceptors (Lipinski definition) is 5. The number of nitrogens with zero attached hydrogens (tertiary/aromatic N) is 2. The van der Waals surface area contributed by atoms with Crippen LogP contribution in [0, 0.1) is 6.92 Å². The van der Waals surface area contributed by atoms with Crippen molar-refractivity contribution in [2.24, 2.45) is 0 Å². The summed E-state index contributed by atoms with van der Waals surface area (Å²) in [6.45, 7) is 2.03. The van der Waals surface area contributed by atoms with Crippen LogP contribution in [0.15, 0.2) is 109 Å². The first-order valence-electron chi connectivity index (χ1n) is 16.6. The monoisotopic (exact) mass is 667 g/mol. The molecule has 0 bridgehead atoms. The molecule has 4 aromatic rings. The van der Waals surface area contributed by atoms with Gasteiger partial charge in [0.2, 0.25) is 21.8 Å². The average molecular weight is 668 g/mol. The summed E-state index contributed by atoms with van der Waals surface area (Å²) in [5, 5.41) is 3.24. The lowest BCUT2D eigenvalue weighted by Crippen LogP contribution is -2.55. The van der Waals surface area contributed by atoms with Crippen molar-refractivity contribution in [3.8, 4) is 5.75 Å². The highest BCUT2D eigenvalue weighted by Gasteiger charge is 2.34. The molecule has 48 heavy (non-hydrogen) atoms. The van der Waals surface area contributed by atoms with E-state index in [9.17, 15) is 18.0 Å². The molecule has 0 unspecified atom stereocenters. The normalized spacial score (nSPS) is 14.1. The minimum Gasteiger partial charge on any atom is -0.489 e. The van der Waals surface area contributed by atoms with Crippen molar-refractivity contribution in [1.29, 1.82) is 0 Å². The van der Waals surface area contributed by atoms with E-state index in [1.54, 1.807) is 29.2 Å². The molecule has 0 aliphatic heterocycles. The topological polar surface area (TPSA) is 96.0 Å². The Morgan fingerprint density at radius 1 is 0.812 bits per heavy atom. The van der Waals surface area contributed by atoms with Crippen molar-refractivity contribution in [3.63, 3.8) is 0 Å². The summed E-state index contributed by atoms with van der Waals surface area (Å²) in [5.41, 5.74) is 4.12. The summed E-state index contributed by atoms with van der Waals surface area (Å²) < 4.78 is 33.4. The molecule has 1 aliphatic carbocycles. The number of aryl methyl sites for hydroxylation is 1. The maximum absolute atomic E-state index is 14.5. The van der Waals surface area contributed by atoms with E-state index in [-0.39, 0.29) is 18.5 Å². The SMILES string of the molecule is Cc1ccccc1CN(C(=O)CN(c1ccc(OCc2ccccc2)cc1)S(C)(=O)=O)[C@H](Cc1ccccc1)C(=O)NC1CCCCC1. The summed E-state index contributed by atoms with van der Waals surface area (Å²) in [5.74, 6) is -0.114. The first-order chi connectivity index (χ1) is 23.2. The van der Waals surface area contributed by atoms with Crippen LogP contribution in [-0.2, 0) is 39.2 Å². The van der Waals surface area contributed by atoms with Crippen molar-refractivity contribution in [2.45, 2.75) is 70.7 Å². The van der Waals surface area contributed by atoms with Crippen LogP contribution >= 0.6 is 0 Å². The first-order valence-corrected chi connectivity index (χ1v) is 18.4. The smallest absolute Gasteiger partial charge is 0.244 e. The third kappa shape index (κ3) is 9.70. The van der Waals surface area contributed by atoms with Crippen LogP contribution in [0.3, 0.4) is 0 Å². The van der Waals surface area contributed by atoms with Crippen LogP contribution in [0.2, 0.25) is 0 Å². The molecule has 4 aromatic carbocycles. The van der Waals surface area contributed by atoms with Gasteiger partial charge in [0.05, 0.1) is 11.9 Å². The van der Waals surface area contributed by atoms with Crippen LogP contribution in [0.1, 0.15) is 54.4 Å². The standard InChI is InChI=1S/C39H45N3O5S/c1-30-14-12-13-19-33(30)27-41(37(26-31-15-6-3-7-16-31)39(44)40-34-20-10-5-11-21-34)38(43)28-42(48(2,45)46)35-22-24-36(25-23-35)47-29-32-17-8-4-9-18-32/h3-4,6-9,12-19,22-25,34,37H,5,10-11,20-21,26-29H2,1-2H3,(H,40,44)/t37-/m1/s1. The predicted octanol–water partition coefficient (Wildman–Crippen LogP) is 6.43. The second-order valence-corrected chi connectivity index (χ2v) is 14.4. The molecule has 2 amide bonds. The highest BCUT2D eigenvalue weighted by Crippen LogP contribution is 2.25. The predicted molar refractivity (Wildman–Crippen MR) is 190 cm³/mol. The van der Waals surface area contributed by atoms with E-state index in [1.807, 2.05) is 91.9 Å². The Kier molecular flexibility index (Phi) is 11.9. The Balaban J connectivity index is 1.44. The Bertz CT molecular complexity index is 1740. The van der Waals surface area contributed by atoms with E-state index in [0.29, 0.717) is 24.5 Å². The quantitative estimate of drug-likeness (QED) is 0.167. The molecule has 1 saturated carbocycles. The van der Waals surface area contributed by atoms with Gasteiger partial charge in [-0.15, -0.1) is 0 Å². The minimum atomic E-state index is -3.88. The van der Waals surface area contributed by atoms with E-state index in [4.69, 9.17) is 4.74 Å². The zero-order valence-corrected chi connectivity index (χ0v) is 28.6. The number of ether oxygens (including phenoxy) is 1. The molecule has 1 aliphatic rings. The van der Waals surface area contributed by atoms with Gasteiger partial charge in [-0.2, -0.15) is 0 Å². The molecule has 1 N–H and O–H groups in total. The van der Waals surface area contributed by atoms with Gasteiger partial charge in [-0.1, -0.05) is 104 Å². The fraction of sp³-hybridized carbons (Fsp3) is 0.333. The van der Waals surface area contributed by atoms with E-state index in [1.165, 1.54) is 0 Å². The van der Waals surface area contributed by atoms with E-state index in [2.05, 4.69) is 5.32 Å². The molecule has 0 spiro atoms. The van der Waals surface area contributed by atoms with Gasteiger partial charge in [0.25, 0.3) is 0 Å². The van der Waals surface area contributed by atoms with Gasteiger partial charge < -0.3 is 15.0 Å². The van der Waals surface area contributed by atoms with Crippen molar-refractivity contribution in [3.05, 3.63) is 131 Å². The van der Waals surface area contributed by atoms with Gasteiger partial charge in [-0.05, 0) is 66.3 Å². The lowest BCUT2D eigenvalue weighted by molar-refractivity contribution is -0.140. The fourth-order valence-electron chi connectivity index (χ4n) is 6.13. The zero-order chi connectivity index (χ0) is 33.9. The lowest BCUT2D eigenvalue weighted by Gasteiger charge is -2.35. The number of nitrogens with one attached hydrogen (secondary N) is 1. The fourth-order valence-corrected chi connectivity index (χ4v) is 6.98. The summed E-state index contributed by atoms with van der Waals surface area (Å²) in [4.78, 5) is 30.2. The molecule has 0 heterocycles. The third-order valence-electron chi connectivity index (χ3n) is 8.88. The molecule has 252 valence electrons. The van der Waals surface area contributed by atoms with E-state index < -0.39 is 28.5 Å². The van der Waals surface area contributed by atoms with E-state index >= 15 is 0 Å². The van der Waals surface area contributed by atoms with Gasteiger partial charge in [0.1, 0.15) is 24.9 Å². The number of sulfonamides is 1. The molecule has 5 rings (SSSR count). The van der Waals surface area contributed by atoms with Gasteiger partial charge in [0, 0.05) is 19.0 Å². The van der Waals surface area contributed by atoms with Crippen LogP contribution in [0.25, 0.3) is 0 Å². The first kappa shape index (κ1) is 34.7. The van der Waals surface area contributed by atoms with Gasteiger partial charge in [0.15, 0.2) is 0 Å². The Hall–Kier alpha value is -4.63. The third-order valence-corrected chi connectivity index (χ3v) is 10.0. The van der Waals surface area contributed by atoms with Crippen LogP contribution < -0.4 is 14.4 Å². The molecule has 1 atom stereocenters. The molecular formula is C39H45N3O5S. The van der Waals surface area contributed by atoms with Gasteiger partial charge in [-0.25, -0.2) is 8.42 Å². The summed E-state index contributed by atoms with van der Waals surface area (Å²) in [6.07, 6.45) is 6.45. The van der Waals surface area contributed by atoms with Gasteiger partial charge in [-0.3, -0.25) is 13.9 Å². The molecule has 9 heteroatoms. The maximum atomic E-state index is 14.5. The number of hydrogen-bond donors (Lipinski definition) is 1. The number of amides is 2. The second kappa shape index (κ2) is 16.5. The Labute approximate surface area is 284 Å². The van der Waals surface area contributed by atoms with E-state index in [0.717, 1.165) is 64.9 Å². The molecule has 0 radical (unpaired) electrons. The maximum Gasteiger partial charge on any atom is 0.244 e.